The van der Waals surface area contributed by atoms with Crippen LogP contribution in [0, 0.1) is 5.92 Å². The highest BCUT2D eigenvalue weighted by Crippen LogP contribution is 2.27. The van der Waals surface area contributed by atoms with Gasteiger partial charge >= 0.3 is 0 Å². The molecule has 2 heterocycles. The van der Waals surface area contributed by atoms with Crippen LogP contribution >= 0.6 is 0 Å². The molecule has 1 aliphatic rings. The Morgan fingerprint density at radius 1 is 1.19 bits per heavy atom. The van der Waals surface area contributed by atoms with Crippen LogP contribution < -0.4 is 5.32 Å². The van der Waals surface area contributed by atoms with Gasteiger partial charge in [-0.3, -0.25) is 9.89 Å². The van der Waals surface area contributed by atoms with Gasteiger partial charge in [-0.15, -0.1) is 0 Å². The van der Waals surface area contributed by atoms with E-state index >= 15 is 0 Å². The van der Waals surface area contributed by atoms with Crippen LogP contribution in [-0.4, -0.2) is 21.1 Å². The molecule has 2 aromatic heterocycles. The number of carbonyl (C=O) groups is 1. The summed E-state index contributed by atoms with van der Waals surface area (Å²) in [6.45, 7) is 0. The van der Waals surface area contributed by atoms with Crippen LogP contribution in [0.25, 0.3) is 11.3 Å². The summed E-state index contributed by atoms with van der Waals surface area (Å²) in [5.74, 6) is 1.80. The fourth-order valence-corrected chi connectivity index (χ4v) is 3.57. The van der Waals surface area contributed by atoms with Gasteiger partial charge in [0, 0.05) is 22.9 Å². The molecule has 0 spiro atoms. The molecule has 1 amide bonds. The number of amides is 1. The van der Waals surface area contributed by atoms with E-state index in [1.807, 2.05) is 18.2 Å². The molecule has 2 N–H and O–H groups in total. The van der Waals surface area contributed by atoms with E-state index in [-0.39, 0.29) is 5.91 Å². The van der Waals surface area contributed by atoms with E-state index in [1.54, 1.807) is 18.3 Å². The summed E-state index contributed by atoms with van der Waals surface area (Å²) in [7, 11) is 0. The number of hydrogen-bond acceptors (Lipinski definition) is 4. The summed E-state index contributed by atoms with van der Waals surface area (Å²) < 4.78 is 5.25. The van der Waals surface area contributed by atoms with Crippen molar-refractivity contribution in [2.24, 2.45) is 5.92 Å². The van der Waals surface area contributed by atoms with Gasteiger partial charge in [-0.25, -0.2) is 4.98 Å². The maximum atomic E-state index is 12.4. The molecule has 26 heavy (non-hydrogen) atoms. The van der Waals surface area contributed by atoms with Crippen LogP contribution in [0.5, 0.6) is 0 Å². The Morgan fingerprint density at radius 2 is 2.00 bits per heavy atom. The third-order valence-corrected chi connectivity index (χ3v) is 4.97. The zero-order valence-corrected chi connectivity index (χ0v) is 14.6. The third kappa shape index (κ3) is 3.85. The Morgan fingerprint density at radius 3 is 2.73 bits per heavy atom. The minimum Gasteiger partial charge on any atom is -0.444 e. The number of rotatable bonds is 5. The van der Waals surface area contributed by atoms with E-state index < -0.39 is 0 Å². The Bertz CT molecular complexity index is 846. The molecule has 0 saturated heterocycles. The molecule has 4 rings (SSSR count). The van der Waals surface area contributed by atoms with Gasteiger partial charge in [-0.2, -0.15) is 5.10 Å². The normalized spacial score (nSPS) is 15.1. The molecule has 0 radical (unpaired) electrons. The van der Waals surface area contributed by atoms with Crippen molar-refractivity contribution in [3.05, 3.63) is 54.2 Å². The Kier molecular flexibility index (Phi) is 4.82. The van der Waals surface area contributed by atoms with E-state index in [0.29, 0.717) is 17.1 Å². The molecule has 134 valence electrons. The lowest BCUT2D eigenvalue weighted by atomic mass is 9.86. The van der Waals surface area contributed by atoms with Gasteiger partial charge in [-0.1, -0.05) is 44.2 Å². The Balaban J connectivity index is 1.37. The van der Waals surface area contributed by atoms with E-state index in [0.717, 1.165) is 23.6 Å². The molecule has 1 saturated carbocycles. The average Bonchev–Trinajstić information content (AvgIpc) is 3.35. The van der Waals surface area contributed by atoms with Crippen LogP contribution in [-0.2, 0) is 6.42 Å². The number of benzene rings is 1. The summed E-state index contributed by atoms with van der Waals surface area (Å²) in [6.07, 6.45) is 10.6. The molecule has 1 aromatic carbocycles. The molecular formula is C20H22N4O2. The van der Waals surface area contributed by atoms with Crippen LogP contribution in [0.4, 0.5) is 5.82 Å². The largest absolute Gasteiger partial charge is 0.444 e. The average molecular weight is 350 g/mol. The second-order valence-electron chi connectivity index (χ2n) is 6.88. The predicted octanol–water partition coefficient (Wildman–Crippen LogP) is 4.44. The van der Waals surface area contributed by atoms with Crippen LogP contribution in [0.2, 0.25) is 0 Å². The van der Waals surface area contributed by atoms with Gasteiger partial charge in [0.2, 0.25) is 0 Å². The maximum absolute atomic E-state index is 12.4. The van der Waals surface area contributed by atoms with Crippen LogP contribution in [0.15, 0.2) is 47.3 Å². The fraction of sp³-hybridized carbons (Fsp3) is 0.350. The zero-order valence-electron chi connectivity index (χ0n) is 14.6. The van der Waals surface area contributed by atoms with Crippen molar-refractivity contribution in [2.45, 2.75) is 38.5 Å². The lowest BCUT2D eigenvalue weighted by molar-refractivity contribution is 0.102. The standard InChI is InChI=1S/C20H22N4O2/c25-20(16-8-6-15(7-9-16)18-12-21-13-26-18)22-19-11-17(23-24-19)10-14-4-2-1-3-5-14/h6-9,11-14H,1-5,10H2,(H2,22,23,24,25). The van der Waals surface area contributed by atoms with E-state index in [4.69, 9.17) is 4.42 Å². The summed E-state index contributed by atoms with van der Waals surface area (Å²) in [5.41, 5.74) is 2.55. The number of anilines is 1. The van der Waals surface area contributed by atoms with Crippen molar-refractivity contribution in [2.75, 3.05) is 5.32 Å². The van der Waals surface area contributed by atoms with Crippen LogP contribution in [0.3, 0.4) is 0 Å². The highest BCUT2D eigenvalue weighted by molar-refractivity contribution is 6.03. The molecule has 1 fully saturated rings. The monoisotopic (exact) mass is 350 g/mol. The number of oxazole rings is 1. The number of hydrogen-bond donors (Lipinski definition) is 2. The van der Waals surface area contributed by atoms with Gasteiger partial charge in [0.15, 0.2) is 18.0 Å². The Hall–Kier alpha value is -2.89. The van der Waals surface area contributed by atoms with Crippen molar-refractivity contribution in [3.63, 3.8) is 0 Å². The molecule has 0 atom stereocenters. The number of carbonyl (C=O) groups excluding carboxylic acids is 1. The highest BCUT2D eigenvalue weighted by atomic mass is 16.3. The Labute approximate surface area is 152 Å². The van der Waals surface area contributed by atoms with Crippen molar-refractivity contribution < 1.29 is 9.21 Å². The first-order valence-corrected chi connectivity index (χ1v) is 9.12. The first-order valence-electron chi connectivity index (χ1n) is 9.12. The number of aromatic amines is 1. The van der Waals surface area contributed by atoms with Gasteiger partial charge in [0.1, 0.15) is 0 Å². The zero-order chi connectivity index (χ0) is 17.8. The lowest BCUT2D eigenvalue weighted by Crippen LogP contribution is -2.12. The molecule has 6 nitrogen and oxygen atoms in total. The highest BCUT2D eigenvalue weighted by Gasteiger charge is 2.16. The van der Waals surface area contributed by atoms with Gasteiger partial charge in [0.05, 0.1) is 6.20 Å². The smallest absolute Gasteiger partial charge is 0.256 e. The SMILES string of the molecule is O=C(Nc1cc(CC2CCCCC2)[nH]n1)c1ccc(-c2cnco2)cc1. The van der Waals surface area contributed by atoms with Crippen molar-refractivity contribution in [1.29, 1.82) is 0 Å². The molecule has 0 bridgehead atoms. The first-order chi connectivity index (χ1) is 12.8. The molecule has 6 heteroatoms. The van der Waals surface area contributed by atoms with Gasteiger partial charge in [0.25, 0.3) is 5.91 Å². The van der Waals surface area contributed by atoms with E-state index in [2.05, 4.69) is 20.5 Å². The topological polar surface area (TPSA) is 83.8 Å². The minimum absolute atomic E-state index is 0.176. The second-order valence-corrected chi connectivity index (χ2v) is 6.88. The predicted molar refractivity (Wildman–Crippen MR) is 98.8 cm³/mol. The molecule has 1 aliphatic carbocycles. The number of nitrogens with one attached hydrogen (secondary N) is 2. The van der Waals surface area contributed by atoms with Gasteiger partial charge < -0.3 is 9.73 Å². The van der Waals surface area contributed by atoms with Gasteiger partial charge in [-0.05, 0) is 24.5 Å². The second kappa shape index (κ2) is 7.56. The third-order valence-electron chi connectivity index (χ3n) is 4.97. The van der Waals surface area contributed by atoms with E-state index in [9.17, 15) is 4.79 Å². The fourth-order valence-electron chi connectivity index (χ4n) is 3.57. The molecule has 0 unspecified atom stereocenters. The minimum atomic E-state index is -0.176. The lowest BCUT2D eigenvalue weighted by Gasteiger charge is -2.20. The van der Waals surface area contributed by atoms with Crippen molar-refractivity contribution >= 4 is 11.7 Å². The number of H-pyrrole nitrogens is 1. The maximum Gasteiger partial charge on any atom is 0.256 e. The molecular weight excluding hydrogens is 328 g/mol. The molecule has 3 aromatic rings. The quantitative estimate of drug-likeness (QED) is 0.712. The summed E-state index contributed by atoms with van der Waals surface area (Å²) in [4.78, 5) is 16.3. The summed E-state index contributed by atoms with van der Waals surface area (Å²) in [5, 5.41) is 10.1. The van der Waals surface area contributed by atoms with Crippen molar-refractivity contribution in [3.8, 4) is 11.3 Å². The summed E-state index contributed by atoms with van der Waals surface area (Å²) in [6, 6.07) is 9.16. The molecule has 0 aliphatic heterocycles. The number of nitrogens with zero attached hydrogens (tertiary/aromatic N) is 2. The van der Waals surface area contributed by atoms with Crippen molar-refractivity contribution in [1.82, 2.24) is 15.2 Å². The number of aromatic nitrogens is 3. The van der Waals surface area contributed by atoms with E-state index in [1.165, 1.54) is 38.5 Å². The summed E-state index contributed by atoms with van der Waals surface area (Å²) >= 11 is 0. The van der Waals surface area contributed by atoms with Crippen LogP contribution in [0.1, 0.15) is 48.2 Å². The first kappa shape index (κ1) is 16.6.